The number of carbonyl (C=O) groups excluding carboxylic acids is 1. The molecule has 2 aliphatic rings. The fourth-order valence-corrected chi connectivity index (χ4v) is 4.43. The Labute approximate surface area is 216 Å². The van der Waals surface area contributed by atoms with E-state index in [4.69, 9.17) is 9.47 Å². The maximum atomic E-state index is 12.9. The summed E-state index contributed by atoms with van der Waals surface area (Å²) in [5.41, 5.74) is 1.95. The molecule has 1 fully saturated rings. The average Bonchev–Trinajstić information content (AvgIpc) is 3.30. The molecule has 0 spiro atoms. The van der Waals surface area contributed by atoms with Gasteiger partial charge in [0, 0.05) is 0 Å². The van der Waals surface area contributed by atoms with E-state index in [0.29, 0.717) is 19.3 Å². The number of hydrogen-bond acceptors (Lipinski definition) is 6. The molecule has 0 unspecified atom stereocenters. The maximum absolute atomic E-state index is 12.9. The van der Waals surface area contributed by atoms with Crippen molar-refractivity contribution in [2.75, 3.05) is 0 Å². The number of cyclic esters (lactones) is 1. The summed E-state index contributed by atoms with van der Waals surface area (Å²) in [6, 6.07) is 0. The van der Waals surface area contributed by atoms with E-state index in [2.05, 4.69) is 13.2 Å². The first-order chi connectivity index (χ1) is 17.1. The minimum absolute atomic E-state index is 0.0244. The second-order valence-electron chi connectivity index (χ2n) is 10.2. The number of rotatable bonds is 6. The Kier molecular flexibility index (Phi) is 12.6. The van der Waals surface area contributed by atoms with Crippen LogP contribution in [-0.2, 0) is 14.3 Å². The van der Waals surface area contributed by atoms with Gasteiger partial charge in [0.2, 0.25) is 0 Å². The van der Waals surface area contributed by atoms with Gasteiger partial charge < -0.3 is 24.8 Å². The van der Waals surface area contributed by atoms with Crippen molar-refractivity contribution in [1.82, 2.24) is 0 Å². The summed E-state index contributed by atoms with van der Waals surface area (Å²) in [5.74, 6) is -1.18. The smallest absolute Gasteiger partial charge is 0.312 e. The van der Waals surface area contributed by atoms with Crippen LogP contribution in [0, 0.1) is 11.8 Å². The molecule has 0 amide bonds. The zero-order chi connectivity index (χ0) is 26.7. The zero-order valence-corrected chi connectivity index (χ0v) is 22.0. The van der Waals surface area contributed by atoms with Crippen LogP contribution in [0.25, 0.3) is 0 Å². The third-order valence-corrected chi connectivity index (χ3v) is 6.60. The van der Waals surface area contributed by atoms with Gasteiger partial charge in [0.1, 0.15) is 24.4 Å². The number of allylic oxidation sites excluding steroid dienone is 7. The summed E-state index contributed by atoms with van der Waals surface area (Å²) in [7, 11) is 0. The molecule has 0 saturated carbocycles. The molecular weight excluding hydrogens is 456 g/mol. The highest BCUT2D eigenvalue weighted by Gasteiger charge is 2.39. The number of ether oxygens (including phenoxy) is 2. The van der Waals surface area contributed by atoms with Crippen molar-refractivity contribution in [3.05, 3.63) is 72.9 Å². The van der Waals surface area contributed by atoms with Crippen molar-refractivity contribution in [3.63, 3.8) is 0 Å². The first-order valence-electron chi connectivity index (χ1n) is 13.0. The average molecular weight is 501 g/mol. The molecule has 2 heterocycles. The molecule has 6 heteroatoms. The van der Waals surface area contributed by atoms with Gasteiger partial charge >= 0.3 is 5.97 Å². The van der Waals surface area contributed by atoms with Crippen molar-refractivity contribution in [2.24, 2.45) is 11.8 Å². The third kappa shape index (κ3) is 10.0. The number of esters is 1. The lowest BCUT2D eigenvalue weighted by molar-refractivity contribution is -0.170. The van der Waals surface area contributed by atoms with Crippen LogP contribution in [0.5, 0.6) is 0 Å². The molecule has 2 bridgehead atoms. The summed E-state index contributed by atoms with van der Waals surface area (Å²) in [6.07, 6.45) is 13.8. The van der Waals surface area contributed by atoms with E-state index < -0.39 is 42.4 Å². The summed E-state index contributed by atoms with van der Waals surface area (Å²) in [4.78, 5) is 12.9. The van der Waals surface area contributed by atoms with Crippen molar-refractivity contribution in [2.45, 2.75) is 95.9 Å². The van der Waals surface area contributed by atoms with E-state index in [0.717, 1.165) is 30.4 Å². The fraction of sp³-hybridized carbons (Fsp3) is 0.567. The molecule has 0 aliphatic carbocycles. The standard InChI is InChI=1S/C30H44O6/c1-20(2)11-10-12-21(3)19-23(5)29-28(33)27-18-17-24(35-27)14-7-9-16-26(32)25(31)15-8-6-13-22(4)30(34)36-29/h6,8-10,12-13,15-16,22-29,31-33H,1,3,7,11,14,17-19H2,2,4-5H3/b12-10+,13-6+,15-8+,16-9+/t22-,23-,24+,25-,26-,27+,28-,29-/m1/s1. The fourth-order valence-electron chi connectivity index (χ4n) is 4.43. The van der Waals surface area contributed by atoms with E-state index in [1.54, 1.807) is 31.2 Å². The Morgan fingerprint density at radius 2 is 1.81 bits per heavy atom. The summed E-state index contributed by atoms with van der Waals surface area (Å²) < 4.78 is 12.0. The van der Waals surface area contributed by atoms with Gasteiger partial charge in [0.05, 0.1) is 18.1 Å². The van der Waals surface area contributed by atoms with Gasteiger partial charge in [-0.05, 0) is 58.3 Å². The quantitative estimate of drug-likeness (QED) is 0.277. The van der Waals surface area contributed by atoms with Gasteiger partial charge in [0.15, 0.2) is 0 Å². The molecule has 36 heavy (non-hydrogen) atoms. The minimum Gasteiger partial charge on any atom is -0.459 e. The predicted octanol–water partition coefficient (Wildman–Crippen LogP) is 4.73. The summed E-state index contributed by atoms with van der Waals surface area (Å²) in [5, 5.41) is 31.5. The molecule has 2 rings (SSSR count). The van der Waals surface area contributed by atoms with Gasteiger partial charge in [0.25, 0.3) is 0 Å². The molecule has 1 saturated heterocycles. The summed E-state index contributed by atoms with van der Waals surface area (Å²) in [6.45, 7) is 13.7. The number of hydrogen-bond donors (Lipinski definition) is 3. The molecule has 0 aromatic heterocycles. The molecule has 3 N–H and O–H groups in total. The Bertz CT molecular complexity index is 854. The Balaban J connectivity index is 2.21. The van der Waals surface area contributed by atoms with E-state index >= 15 is 0 Å². The largest absolute Gasteiger partial charge is 0.459 e. The molecule has 8 atom stereocenters. The van der Waals surface area contributed by atoms with E-state index in [-0.39, 0.29) is 12.0 Å². The normalized spacial score (nSPS) is 35.8. The topological polar surface area (TPSA) is 96.2 Å². The predicted molar refractivity (Wildman–Crippen MR) is 143 cm³/mol. The highest BCUT2D eigenvalue weighted by Crippen LogP contribution is 2.31. The van der Waals surface area contributed by atoms with Gasteiger partial charge in [-0.2, -0.15) is 0 Å². The molecule has 2 aliphatic heterocycles. The monoisotopic (exact) mass is 500 g/mol. The Morgan fingerprint density at radius 3 is 2.53 bits per heavy atom. The lowest BCUT2D eigenvalue weighted by Crippen LogP contribution is -2.44. The number of carbonyl (C=O) groups is 1. The van der Waals surface area contributed by atoms with Gasteiger partial charge in [-0.1, -0.05) is 79.8 Å². The minimum atomic E-state index is -1.04. The molecule has 200 valence electrons. The third-order valence-electron chi connectivity index (χ3n) is 6.60. The van der Waals surface area contributed by atoms with E-state index in [1.165, 1.54) is 6.08 Å². The van der Waals surface area contributed by atoms with Crippen LogP contribution in [0.1, 0.15) is 59.3 Å². The van der Waals surface area contributed by atoms with Gasteiger partial charge in [-0.15, -0.1) is 0 Å². The van der Waals surface area contributed by atoms with E-state index in [9.17, 15) is 20.1 Å². The molecular formula is C30H44O6. The van der Waals surface area contributed by atoms with Crippen LogP contribution >= 0.6 is 0 Å². The van der Waals surface area contributed by atoms with Gasteiger partial charge in [-0.3, -0.25) is 4.79 Å². The van der Waals surface area contributed by atoms with Crippen LogP contribution in [0.4, 0.5) is 0 Å². The zero-order valence-electron chi connectivity index (χ0n) is 22.0. The summed E-state index contributed by atoms with van der Waals surface area (Å²) >= 11 is 0. The molecule has 0 aromatic carbocycles. The van der Waals surface area contributed by atoms with Crippen LogP contribution < -0.4 is 0 Å². The Hall–Kier alpha value is -2.25. The SMILES string of the molecule is C=C(C)C/C=C/C(=C)C[C@@H](C)[C@H]1OC(=O)[C@H](C)/C=C/C=C/[C@@H](O)[C@H](O)/C=C/CC[C@H]2CC[C@H](O2)[C@H]1O. The van der Waals surface area contributed by atoms with Gasteiger partial charge in [-0.25, -0.2) is 0 Å². The first-order valence-corrected chi connectivity index (χ1v) is 13.0. The maximum Gasteiger partial charge on any atom is 0.312 e. The molecule has 6 nitrogen and oxygen atoms in total. The number of fused-ring (bicyclic) bond motifs is 2. The van der Waals surface area contributed by atoms with Crippen LogP contribution in [0.2, 0.25) is 0 Å². The van der Waals surface area contributed by atoms with Crippen LogP contribution in [-0.4, -0.2) is 57.9 Å². The van der Waals surface area contributed by atoms with E-state index in [1.807, 2.05) is 32.1 Å². The van der Waals surface area contributed by atoms with Crippen LogP contribution in [0.15, 0.2) is 72.9 Å². The first kappa shape index (κ1) is 30.0. The molecule has 0 radical (unpaired) electrons. The number of aliphatic hydroxyl groups excluding tert-OH is 3. The highest BCUT2D eigenvalue weighted by atomic mass is 16.6. The number of aliphatic hydroxyl groups is 3. The lowest BCUT2D eigenvalue weighted by Gasteiger charge is -2.32. The molecule has 0 aromatic rings. The van der Waals surface area contributed by atoms with Crippen molar-refractivity contribution in [1.29, 1.82) is 0 Å². The second-order valence-corrected chi connectivity index (χ2v) is 10.2. The van der Waals surface area contributed by atoms with Crippen molar-refractivity contribution < 1.29 is 29.6 Å². The van der Waals surface area contributed by atoms with Crippen LogP contribution in [0.3, 0.4) is 0 Å². The Morgan fingerprint density at radius 1 is 1.11 bits per heavy atom. The highest BCUT2D eigenvalue weighted by molar-refractivity contribution is 5.74. The van der Waals surface area contributed by atoms with Crippen molar-refractivity contribution >= 4 is 5.97 Å². The van der Waals surface area contributed by atoms with Crippen molar-refractivity contribution in [3.8, 4) is 0 Å². The second kappa shape index (κ2) is 15.1. The lowest BCUT2D eigenvalue weighted by atomic mass is 9.89.